The van der Waals surface area contributed by atoms with Gasteiger partial charge in [0, 0.05) is 42.1 Å². The number of Topliss-reactive ketones (excluding diaryl/α,β-unsaturated/α-hetero) is 1. The summed E-state index contributed by atoms with van der Waals surface area (Å²) >= 11 is 1.51. The lowest BCUT2D eigenvalue weighted by atomic mass is 9.61. The van der Waals surface area contributed by atoms with E-state index in [9.17, 15) is 14.4 Å². The first-order valence-electron chi connectivity index (χ1n) is 9.69. The van der Waals surface area contributed by atoms with E-state index in [1.54, 1.807) is 11.9 Å². The summed E-state index contributed by atoms with van der Waals surface area (Å²) in [5.41, 5.74) is 3.51. The molecule has 7 heteroatoms. The van der Waals surface area contributed by atoms with Gasteiger partial charge in [-0.15, -0.1) is 0 Å². The summed E-state index contributed by atoms with van der Waals surface area (Å²) in [5, 5.41) is 0. The summed E-state index contributed by atoms with van der Waals surface area (Å²) in [7, 11) is 1.78. The molecule has 1 aromatic carbocycles. The molecule has 0 unspecified atom stereocenters. The number of aromatic nitrogens is 2. The van der Waals surface area contributed by atoms with Gasteiger partial charge in [0.25, 0.3) is 5.56 Å². The molecule has 5 rings (SSSR count). The molecular weight excluding hydrogens is 386 g/mol. The Bertz CT molecular complexity index is 1180. The topological polar surface area (TPSA) is 83.1 Å². The number of para-hydroxylation sites is 1. The number of nitrogens with one attached hydrogen (secondary N) is 1. The first-order chi connectivity index (χ1) is 13.9. The molecule has 6 nitrogen and oxygen atoms in total. The number of carbonyl (C=O) groups excluding carboxylic acids is 2. The van der Waals surface area contributed by atoms with E-state index in [2.05, 4.69) is 9.97 Å². The largest absolute Gasteiger partial charge is 0.322 e. The van der Waals surface area contributed by atoms with Gasteiger partial charge in [-0.1, -0.05) is 25.1 Å². The normalized spacial score (nSPS) is 24.9. The maximum absolute atomic E-state index is 13.7. The van der Waals surface area contributed by atoms with Gasteiger partial charge in [0.2, 0.25) is 5.91 Å². The van der Waals surface area contributed by atoms with Crippen LogP contribution in [0.5, 0.6) is 0 Å². The molecule has 1 aliphatic heterocycles. The van der Waals surface area contributed by atoms with E-state index in [0.29, 0.717) is 41.2 Å². The van der Waals surface area contributed by atoms with Crippen LogP contribution in [-0.2, 0) is 20.8 Å². The SMILES string of the molecule is CSCc1nc2c([nH]c1=O)[C@@H](C)[C@]1(C(=O)N(C)c3ccccc31)C1=C2C(=O)CC1. The lowest BCUT2D eigenvalue weighted by molar-refractivity contribution is -0.122. The van der Waals surface area contributed by atoms with Crippen molar-refractivity contribution in [1.82, 2.24) is 9.97 Å². The number of hydrogen-bond acceptors (Lipinski definition) is 5. The van der Waals surface area contributed by atoms with Gasteiger partial charge in [-0.25, -0.2) is 4.98 Å². The highest BCUT2D eigenvalue weighted by molar-refractivity contribution is 7.97. The number of hydrogen-bond donors (Lipinski definition) is 1. The molecule has 1 N–H and O–H groups in total. The summed E-state index contributed by atoms with van der Waals surface area (Å²) in [5.74, 6) is 0.100. The van der Waals surface area contributed by atoms with E-state index in [1.807, 2.05) is 37.4 Å². The second-order valence-electron chi connectivity index (χ2n) is 7.90. The van der Waals surface area contributed by atoms with Crippen LogP contribution in [0.25, 0.3) is 5.57 Å². The predicted molar refractivity (Wildman–Crippen MR) is 113 cm³/mol. The Morgan fingerprint density at radius 3 is 2.76 bits per heavy atom. The number of H-pyrrole nitrogens is 1. The van der Waals surface area contributed by atoms with Crippen LogP contribution in [0, 0.1) is 0 Å². The summed E-state index contributed by atoms with van der Waals surface area (Å²) in [4.78, 5) is 48.7. The predicted octanol–water partition coefficient (Wildman–Crippen LogP) is 2.78. The highest BCUT2D eigenvalue weighted by Gasteiger charge is 2.60. The third-order valence-corrected chi connectivity index (χ3v) is 7.17. The number of thioether (sulfide) groups is 1. The van der Waals surface area contributed by atoms with Crippen LogP contribution < -0.4 is 10.5 Å². The molecule has 2 aliphatic carbocycles. The Balaban J connectivity index is 1.88. The highest BCUT2D eigenvalue weighted by atomic mass is 32.2. The van der Waals surface area contributed by atoms with Crippen LogP contribution in [0.3, 0.4) is 0 Å². The Labute approximate surface area is 172 Å². The van der Waals surface area contributed by atoms with Gasteiger partial charge in [0.15, 0.2) is 5.78 Å². The zero-order valence-electron chi connectivity index (χ0n) is 16.5. The van der Waals surface area contributed by atoms with Gasteiger partial charge in [-0.05, 0) is 29.9 Å². The van der Waals surface area contributed by atoms with E-state index in [1.165, 1.54) is 11.8 Å². The average Bonchev–Trinajstić information content (AvgIpc) is 3.20. The second kappa shape index (κ2) is 6.16. The van der Waals surface area contributed by atoms with Crippen LogP contribution in [0.15, 0.2) is 34.6 Å². The molecule has 3 aliphatic rings. The van der Waals surface area contributed by atoms with Gasteiger partial charge in [-0.3, -0.25) is 14.4 Å². The number of rotatable bonds is 2. The van der Waals surface area contributed by atoms with Crippen LogP contribution in [0.1, 0.15) is 48.3 Å². The quantitative estimate of drug-likeness (QED) is 0.828. The fourth-order valence-corrected chi connectivity index (χ4v) is 5.81. The van der Waals surface area contributed by atoms with E-state index >= 15 is 0 Å². The van der Waals surface area contributed by atoms with Crippen molar-refractivity contribution in [2.75, 3.05) is 18.2 Å². The number of amides is 1. The van der Waals surface area contributed by atoms with Crippen LogP contribution in [-0.4, -0.2) is 35.0 Å². The van der Waals surface area contributed by atoms with Gasteiger partial charge < -0.3 is 9.88 Å². The number of fused-ring (bicyclic) bond motifs is 5. The molecule has 0 saturated carbocycles. The number of likely N-dealkylation sites (N-methyl/N-ethyl adjacent to an activating group) is 1. The Morgan fingerprint density at radius 2 is 2.00 bits per heavy atom. The van der Waals surface area contributed by atoms with Crippen molar-refractivity contribution in [2.45, 2.75) is 36.9 Å². The minimum Gasteiger partial charge on any atom is -0.322 e. The van der Waals surface area contributed by atoms with Crippen molar-refractivity contribution >= 4 is 34.7 Å². The zero-order chi connectivity index (χ0) is 20.5. The van der Waals surface area contributed by atoms with Crippen molar-refractivity contribution in [3.05, 3.63) is 62.8 Å². The molecule has 0 bridgehead atoms. The minimum atomic E-state index is -0.967. The molecule has 1 spiro atoms. The molecule has 2 heterocycles. The molecule has 0 fully saturated rings. The number of benzene rings is 1. The lowest BCUT2D eigenvalue weighted by Crippen LogP contribution is -2.47. The Morgan fingerprint density at radius 1 is 1.24 bits per heavy atom. The summed E-state index contributed by atoms with van der Waals surface area (Å²) < 4.78 is 0. The molecule has 148 valence electrons. The van der Waals surface area contributed by atoms with Crippen molar-refractivity contribution < 1.29 is 9.59 Å². The Hall–Kier alpha value is -2.67. The van der Waals surface area contributed by atoms with Gasteiger partial charge in [0.1, 0.15) is 11.1 Å². The number of aromatic amines is 1. The van der Waals surface area contributed by atoms with Crippen molar-refractivity contribution in [3.63, 3.8) is 0 Å². The number of ketones is 1. The standard InChI is InChI=1S/C22H21N3O3S/c1-11-18-19(23-14(10-29-3)20(27)24-18)17-13(8-9-16(17)26)22(11)12-6-4-5-7-15(12)25(2)21(22)28/h4-7,11H,8-10H2,1-3H3,(H,24,27)/t11-,22-/m1/s1. The molecule has 0 radical (unpaired) electrons. The second-order valence-corrected chi connectivity index (χ2v) is 8.76. The van der Waals surface area contributed by atoms with Gasteiger partial charge in [-0.2, -0.15) is 11.8 Å². The maximum Gasteiger partial charge on any atom is 0.270 e. The molecule has 1 amide bonds. The van der Waals surface area contributed by atoms with Crippen molar-refractivity contribution in [1.29, 1.82) is 0 Å². The first kappa shape index (κ1) is 18.4. The number of anilines is 1. The smallest absolute Gasteiger partial charge is 0.270 e. The molecule has 0 saturated heterocycles. The van der Waals surface area contributed by atoms with Gasteiger partial charge >= 0.3 is 0 Å². The summed E-state index contributed by atoms with van der Waals surface area (Å²) in [6.07, 6.45) is 2.83. The molecule has 1 aromatic heterocycles. The lowest BCUT2D eigenvalue weighted by Gasteiger charge is -2.40. The van der Waals surface area contributed by atoms with Gasteiger partial charge in [0.05, 0.1) is 5.69 Å². The van der Waals surface area contributed by atoms with E-state index in [0.717, 1.165) is 16.8 Å². The average molecular weight is 407 g/mol. The fraction of sp³-hybridized carbons (Fsp3) is 0.364. The van der Waals surface area contributed by atoms with E-state index < -0.39 is 5.41 Å². The minimum absolute atomic E-state index is 0.00186. The number of allylic oxidation sites excluding steroid dienone is 1. The maximum atomic E-state index is 13.7. The summed E-state index contributed by atoms with van der Waals surface area (Å²) in [6, 6.07) is 7.74. The highest BCUT2D eigenvalue weighted by Crippen LogP contribution is 2.60. The third kappa shape index (κ3) is 2.14. The number of carbonyl (C=O) groups is 2. The third-order valence-electron chi connectivity index (χ3n) is 6.60. The molecule has 2 atom stereocenters. The molecule has 29 heavy (non-hydrogen) atoms. The van der Waals surface area contributed by atoms with Crippen LogP contribution in [0.4, 0.5) is 5.69 Å². The van der Waals surface area contributed by atoms with Crippen LogP contribution in [0.2, 0.25) is 0 Å². The first-order valence-corrected chi connectivity index (χ1v) is 11.1. The molecular formula is C22H21N3O3S. The molecule has 2 aromatic rings. The van der Waals surface area contributed by atoms with E-state index in [4.69, 9.17) is 0 Å². The van der Waals surface area contributed by atoms with Crippen molar-refractivity contribution in [2.24, 2.45) is 0 Å². The van der Waals surface area contributed by atoms with Crippen molar-refractivity contribution in [3.8, 4) is 0 Å². The zero-order valence-corrected chi connectivity index (χ0v) is 17.4. The fourth-order valence-electron chi connectivity index (χ4n) is 5.34. The monoisotopic (exact) mass is 407 g/mol. The Kier molecular flexibility index (Phi) is 3.90. The summed E-state index contributed by atoms with van der Waals surface area (Å²) in [6.45, 7) is 1.96. The number of nitrogens with zero attached hydrogens (tertiary/aromatic N) is 2. The van der Waals surface area contributed by atoms with Crippen LogP contribution >= 0.6 is 11.8 Å². The van der Waals surface area contributed by atoms with E-state index in [-0.39, 0.29) is 23.2 Å².